The molecule has 3 aromatic rings. The Morgan fingerprint density at radius 3 is 2.43 bits per heavy atom. The number of benzene rings is 2. The average Bonchev–Trinajstić information content (AvgIpc) is 3.13. The molecule has 1 unspecified atom stereocenters. The first kappa shape index (κ1) is 22.2. The quantitative estimate of drug-likeness (QED) is 0.363. The predicted octanol–water partition coefficient (Wildman–Crippen LogP) is 4.02. The molecule has 0 bridgehead atoms. The number of rotatable bonds is 9. The third kappa shape index (κ3) is 6.51. The lowest BCUT2D eigenvalue weighted by Gasteiger charge is -2.09. The summed E-state index contributed by atoms with van der Waals surface area (Å²) in [5, 5.41) is 11.5. The highest BCUT2D eigenvalue weighted by Gasteiger charge is 2.19. The smallest absolute Gasteiger partial charge is 0.229 e. The molecule has 0 spiro atoms. The van der Waals surface area contributed by atoms with Crippen LogP contribution in [0.1, 0.15) is 22.8 Å². The van der Waals surface area contributed by atoms with E-state index in [1.807, 2.05) is 0 Å². The minimum atomic E-state index is -3.37. The van der Waals surface area contributed by atoms with Crippen LogP contribution in [0.5, 0.6) is 0 Å². The van der Waals surface area contributed by atoms with Crippen molar-refractivity contribution in [3.63, 3.8) is 0 Å². The second kappa shape index (κ2) is 9.54. The standard InChI is InChI=1S/C19H19FN4O3S3/c1-12(17(25)14-5-9-16(10-6-14)24-30(2,26)27)28-19-23-22-18(29-19)21-11-13-3-7-15(20)8-4-13/h3-10,12,24H,11H2,1-2H3,(H,21,22). The minimum Gasteiger partial charge on any atom is -0.356 e. The maximum atomic E-state index is 12.9. The lowest BCUT2D eigenvalue weighted by Crippen LogP contribution is -2.14. The highest BCUT2D eigenvalue weighted by atomic mass is 32.2. The molecule has 11 heteroatoms. The molecule has 0 amide bonds. The normalized spacial score (nSPS) is 12.4. The Morgan fingerprint density at radius 2 is 1.80 bits per heavy atom. The van der Waals surface area contributed by atoms with Gasteiger partial charge in [0, 0.05) is 17.8 Å². The van der Waals surface area contributed by atoms with Gasteiger partial charge in [-0.3, -0.25) is 9.52 Å². The fourth-order valence-corrected chi connectivity index (χ4v) is 5.00. The molecule has 0 saturated heterocycles. The fourth-order valence-electron chi connectivity index (χ4n) is 2.46. The second-order valence-electron chi connectivity index (χ2n) is 6.43. The van der Waals surface area contributed by atoms with Gasteiger partial charge in [0.05, 0.1) is 11.5 Å². The van der Waals surface area contributed by atoms with Crippen molar-refractivity contribution in [1.82, 2.24) is 10.2 Å². The van der Waals surface area contributed by atoms with Gasteiger partial charge in [0.2, 0.25) is 15.2 Å². The zero-order chi connectivity index (χ0) is 21.7. The molecular formula is C19H19FN4O3S3. The summed E-state index contributed by atoms with van der Waals surface area (Å²) in [5.74, 6) is -0.379. The average molecular weight is 467 g/mol. The van der Waals surface area contributed by atoms with Gasteiger partial charge in [-0.2, -0.15) is 0 Å². The molecule has 7 nitrogen and oxygen atoms in total. The van der Waals surface area contributed by atoms with Crippen molar-refractivity contribution in [2.45, 2.75) is 23.1 Å². The molecule has 0 aliphatic heterocycles. The molecule has 1 heterocycles. The molecule has 0 fully saturated rings. The summed E-state index contributed by atoms with van der Waals surface area (Å²) >= 11 is 2.63. The largest absolute Gasteiger partial charge is 0.356 e. The number of nitrogens with one attached hydrogen (secondary N) is 2. The second-order valence-corrected chi connectivity index (χ2v) is 10.7. The number of carbonyl (C=O) groups excluding carboxylic acids is 1. The van der Waals surface area contributed by atoms with Crippen LogP contribution in [0.15, 0.2) is 52.9 Å². The first-order valence-electron chi connectivity index (χ1n) is 8.80. The predicted molar refractivity (Wildman–Crippen MR) is 118 cm³/mol. The van der Waals surface area contributed by atoms with Crippen molar-refractivity contribution in [3.05, 3.63) is 65.5 Å². The third-order valence-corrected chi connectivity index (χ3v) is 6.55. The molecule has 30 heavy (non-hydrogen) atoms. The number of halogens is 1. The van der Waals surface area contributed by atoms with Gasteiger partial charge in [-0.05, 0) is 48.9 Å². The molecule has 0 aliphatic rings. The number of aromatic nitrogens is 2. The van der Waals surface area contributed by atoms with E-state index in [0.29, 0.717) is 27.3 Å². The fraction of sp³-hybridized carbons (Fsp3) is 0.211. The van der Waals surface area contributed by atoms with E-state index in [1.54, 1.807) is 43.3 Å². The van der Waals surface area contributed by atoms with Gasteiger partial charge in [-0.1, -0.05) is 35.2 Å². The SMILES string of the molecule is CC(Sc1nnc(NCc2ccc(F)cc2)s1)C(=O)c1ccc(NS(C)(=O)=O)cc1. The van der Waals surface area contributed by atoms with Gasteiger partial charge in [0.15, 0.2) is 10.1 Å². The van der Waals surface area contributed by atoms with Gasteiger partial charge in [-0.25, -0.2) is 12.8 Å². The first-order valence-corrected chi connectivity index (χ1v) is 12.4. The number of sulfonamides is 1. The van der Waals surface area contributed by atoms with Gasteiger partial charge in [0.25, 0.3) is 0 Å². The van der Waals surface area contributed by atoms with Crippen LogP contribution in [0.25, 0.3) is 0 Å². The zero-order valence-electron chi connectivity index (χ0n) is 16.1. The van der Waals surface area contributed by atoms with Crippen molar-refractivity contribution >= 4 is 49.7 Å². The first-order chi connectivity index (χ1) is 14.2. The van der Waals surface area contributed by atoms with Crippen molar-refractivity contribution < 1.29 is 17.6 Å². The Kier molecular flexibility index (Phi) is 7.06. The highest BCUT2D eigenvalue weighted by Crippen LogP contribution is 2.30. The maximum Gasteiger partial charge on any atom is 0.229 e. The van der Waals surface area contributed by atoms with Gasteiger partial charge in [0.1, 0.15) is 5.82 Å². The molecule has 158 valence electrons. The van der Waals surface area contributed by atoms with E-state index in [1.165, 1.54) is 35.2 Å². The summed E-state index contributed by atoms with van der Waals surface area (Å²) in [6.45, 7) is 2.27. The number of Topliss-reactive ketones (excluding diaryl/α,β-unsaturated/α-hetero) is 1. The molecule has 2 aromatic carbocycles. The summed E-state index contributed by atoms with van der Waals surface area (Å²) in [7, 11) is -3.37. The van der Waals surface area contributed by atoms with Crippen LogP contribution in [0.4, 0.5) is 15.2 Å². The van der Waals surface area contributed by atoms with E-state index in [0.717, 1.165) is 11.8 Å². The van der Waals surface area contributed by atoms with E-state index in [9.17, 15) is 17.6 Å². The van der Waals surface area contributed by atoms with E-state index >= 15 is 0 Å². The zero-order valence-corrected chi connectivity index (χ0v) is 18.6. The molecule has 0 radical (unpaired) electrons. The molecule has 1 atom stereocenters. The Bertz CT molecular complexity index is 1120. The summed E-state index contributed by atoms with van der Waals surface area (Å²) in [4.78, 5) is 12.6. The van der Waals surface area contributed by atoms with Crippen molar-refractivity contribution in [3.8, 4) is 0 Å². The Labute approximate surface area is 182 Å². The third-order valence-electron chi connectivity index (χ3n) is 3.88. The Hall–Kier alpha value is -2.50. The van der Waals surface area contributed by atoms with Crippen molar-refractivity contribution in [2.24, 2.45) is 0 Å². The Morgan fingerprint density at radius 1 is 1.13 bits per heavy atom. The van der Waals surface area contributed by atoms with E-state index in [4.69, 9.17) is 0 Å². The highest BCUT2D eigenvalue weighted by molar-refractivity contribution is 8.02. The molecule has 0 aliphatic carbocycles. The van der Waals surface area contributed by atoms with E-state index in [2.05, 4.69) is 20.2 Å². The van der Waals surface area contributed by atoms with Crippen molar-refractivity contribution in [2.75, 3.05) is 16.3 Å². The monoisotopic (exact) mass is 466 g/mol. The number of hydrogen-bond donors (Lipinski definition) is 2. The maximum absolute atomic E-state index is 12.9. The van der Waals surface area contributed by atoms with Crippen molar-refractivity contribution in [1.29, 1.82) is 0 Å². The number of nitrogens with zero attached hydrogens (tertiary/aromatic N) is 2. The van der Waals surface area contributed by atoms with Gasteiger partial charge < -0.3 is 5.32 Å². The van der Waals surface area contributed by atoms with E-state index < -0.39 is 15.3 Å². The lowest BCUT2D eigenvalue weighted by molar-refractivity contribution is 0.0994. The Balaban J connectivity index is 1.55. The number of thioether (sulfide) groups is 1. The summed E-state index contributed by atoms with van der Waals surface area (Å²) in [6, 6.07) is 12.4. The molecule has 3 rings (SSSR count). The molecule has 1 aromatic heterocycles. The minimum absolute atomic E-state index is 0.0954. The van der Waals surface area contributed by atoms with Crippen LogP contribution in [0, 0.1) is 5.82 Å². The summed E-state index contributed by atoms with van der Waals surface area (Å²) in [6.07, 6.45) is 1.07. The lowest BCUT2D eigenvalue weighted by atomic mass is 10.1. The number of ketones is 1. The van der Waals surface area contributed by atoms with Gasteiger partial charge in [-0.15, -0.1) is 10.2 Å². The molecule has 2 N–H and O–H groups in total. The van der Waals surface area contributed by atoms with Crippen LogP contribution < -0.4 is 10.0 Å². The van der Waals surface area contributed by atoms with Crippen LogP contribution in [0.2, 0.25) is 0 Å². The molecule has 0 saturated carbocycles. The summed E-state index contributed by atoms with van der Waals surface area (Å²) in [5.41, 5.74) is 1.79. The number of hydrogen-bond acceptors (Lipinski definition) is 8. The molecular weight excluding hydrogens is 447 g/mol. The topological polar surface area (TPSA) is 101 Å². The van der Waals surface area contributed by atoms with Crippen LogP contribution >= 0.6 is 23.1 Å². The van der Waals surface area contributed by atoms with Crippen LogP contribution in [0.3, 0.4) is 0 Å². The number of anilines is 2. The van der Waals surface area contributed by atoms with Gasteiger partial charge >= 0.3 is 0 Å². The van der Waals surface area contributed by atoms with E-state index in [-0.39, 0.29) is 11.6 Å². The number of carbonyl (C=O) groups is 1. The summed E-state index contributed by atoms with van der Waals surface area (Å²) < 4.78 is 38.5. The van der Waals surface area contributed by atoms with Crippen LogP contribution in [-0.4, -0.2) is 35.9 Å². The van der Waals surface area contributed by atoms with Crippen LogP contribution in [-0.2, 0) is 16.6 Å².